The van der Waals surface area contributed by atoms with Crippen LogP contribution in [-0.2, 0) is 14.3 Å². The number of rotatable bonds is 3. The molecular weight excluding hydrogens is 208 g/mol. The van der Waals surface area contributed by atoms with Gasteiger partial charge in [0.2, 0.25) is 0 Å². The zero-order valence-electron chi connectivity index (χ0n) is 10.7. The molecule has 1 atom stereocenters. The Labute approximate surface area is 96.9 Å². The summed E-state index contributed by atoms with van der Waals surface area (Å²) in [5, 5.41) is 10.2. The van der Waals surface area contributed by atoms with Crippen molar-refractivity contribution in [1.29, 1.82) is 0 Å². The van der Waals surface area contributed by atoms with Gasteiger partial charge in [-0.2, -0.15) is 0 Å². The molecule has 1 aliphatic rings. The predicted molar refractivity (Wildman–Crippen MR) is 60.0 cm³/mol. The smallest absolute Gasteiger partial charge is 0.312 e. The van der Waals surface area contributed by atoms with E-state index in [0.29, 0.717) is 12.8 Å². The summed E-state index contributed by atoms with van der Waals surface area (Å²) < 4.78 is 10.4. The number of hydrogen-bond donors (Lipinski definition) is 1. The first kappa shape index (κ1) is 13.5. The Balaban J connectivity index is 2.52. The van der Waals surface area contributed by atoms with Crippen LogP contribution < -0.4 is 0 Å². The monoisotopic (exact) mass is 230 g/mol. The summed E-state index contributed by atoms with van der Waals surface area (Å²) in [6.07, 6.45) is 1.07. The minimum Gasteiger partial charge on any atom is -0.460 e. The lowest BCUT2D eigenvalue weighted by Crippen LogP contribution is -2.55. The summed E-state index contributed by atoms with van der Waals surface area (Å²) >= 11 is 0. The summed E-state index contributed by atoms with van der Waals surface area (Å²) in [6, 6.07) is 0. The molecule has 0 aromatic heterocycles. The van der Waals surface area contributed by atoms with Crippen LogP contribution in [0.5, 0.6) is 0 Å². The molecule has 1 unspecified atom stereocenters. The number of hydrogen-bond acceptors (Lipinski definition) is 4. The Morgan fingerprint density at radius 3 is 2.31 bits per heavy atom. The zero-order chi connectivity index (χ0) is 12.6. The largest absolute Gasteiger partial charge is 0.460 e. The first-order valence-electron chi connectivity index (χ1n) is 5.66. The van der Waals surface area contributed by atoms with Crippen molar-refractivity contribution in [3.05, 3.63) is 0 Å². The molecule has 0 aromatic carbocycles. The number of esters is 1. The molecule has 1 saturated carbocycles. The first-order valence-corrected chi connectivity index (χ1v) is 5.66. The van der Waals surface area contributed by atoms with Gasteiger partial charge in [0.25, 0.3) is 0 Å². The third-order valence-corrected chi connectivity index (χ3v) is 3.06. The number of carbonyl (C=O) groups is 1. The summed E-state index contributed by atoms with van der Waals surface area (Å²) in [5.41, 5.74) is -1.46. The van der Waals surface area contributed by atoms with Crippen LogP contribution in [0.3, 0.4) is 0 Å². The third-order valence-electron chi connectivity index (χ3n) is 3.06. The lowest BCUT2D eigenvalue weighted by atomic mass is 9.70. The van der Waals surface area contributed by atoms with Gasteiger partial charge in [-0.05, 0) is 27.7 Å². The molecule has 0 heterocycles. The highest BCUT2D eigenvalue weighted by atomic mass is 16.6. The molecule has 1 aliphatic carbocycles. The Kier molecular flexibility index (Phi) is 3.65. The fourth-order valence-electron chi connectivity index (χ4n) is 1.86. The van der Waals surface area contributed by atoms with E-state index in [0.717, 1.165) is 0 Å². The fourth-order valence-corrected chi connectivity index (χ4v) is 1.86. The normalized spacial score (nSPS) is 31.8. The molecule has 0 amide bonds. The summed E-state index contributed by atoms with van der Waals surface area (Å²) in [5.74, 6) is -0.845. The minimum atomic E-state index is -0.955. The highest BCUT2D eigenvalue weighted by molar-refractivity contribution is 5.74. The molecule has 0 aromatic rings. The van der Waals surface area contributed by atoms with E-state index in [9.17, 15) is 9.90 Å². The molecule has 0 spiro atoms. The fraction of sp³-hybridized carbons (Fsp3) is 0.917. The van der Waals surface area contributed by atoms with Crippen LogP contribution in [0.1, 0.15) is 40.5 Å². The van der Waals surface area contributed by atoms with E-state index < -0.39 is 17.1 Å². The average Bonchev–Trinajstić information content (AvgIpc) is 2.08. The average molecular weight is 230 g/mol. The molecule has 1 fully saturated rings. The van der Waals surface area contributed by atoms with Gasteiger partial charge in [0, 0.05) is 20.0 Å². The van der Waals surface area contributed by atoms with Gasteiger partial charge in [0.15, 0.2) is 0 Å². The standard InChI is InChI=1S/C12H22O4/c1-8(10(13)16-11(2,3)4)12(14)6-9(7-12)15-5/h8-9,14H,6-7H2,1-5H3. The number of ether oxygens (including phenoxy) is 2. The third kappa shape index (κ3) is 2.95. The Bertz CT molecular complexity index is 261. The zero-order valence-corrected chi connectivity index (χ0v) is 10.7. The predicted octanol–water partition coefficient (Wildman–Crippen LogP) is 1.50. The van der Waals surface area contributed by atoms with E-state index in [-0.39, 0.29) is 12.1 Å². The first-order chi connectivity index (χ1) is 7.18. The van der Waals surface area contributed by atoms with Crippen LogP contribution in [0.15, 0.2) is 0 Å². The molecule has 1 N–H and O–H groups in total. The van der Waals surface area contributed by atoms with Crippen molar-refractivity contribution in [3.8, 4) is 0 Å². The van der Waals surface area contributed by atoms with Gasteiger partial charge in [-0.3, -0.25) is 4.79 Å². The topological polar surface area (TPSA) is 55.8 Å². The van der Waals surface area contributed by atoms with E-state index in [1.165, 1.54) is 0 Å². The highest BCUT2D eigenvalue weighted by Gasteiger charge is 2.50. The maximum absolute atomic E-state index is 11.8. The maximum atomic E-state index is 11.8. The molecule has 1 rings (SSSR count). The van der Waals surface area contributed by atoms with Crippen LogP contribution in [0.2, 0.25) is 0 Å². The number of methoxy groups -OCH3 is 1. The summed E-state index contributed by atoms with van der Waals surface area (Å²) in [6.45, 7) is 7.17. The van der Waals surface area contributed by atoms with E-state index >= 15 is 0 Å². The van der Waals surface area contributed by atoms with Crippen molar-refractivity contribution >= 4 is 5.97 Å². The molecule has 0 radical (unpaired) electrons. The van der Waals surface area contributed by atoms with Crippen LogP contribution in [0.4, 0.5) is 0 Å². The van der Waals surface area contributed by atoms with Crippen molar-refractivity contribution in [3.63, 3.8) is 0 Å². The van der Waals surface area contributed by atoms with Gasteiger partial charge in [-0.15, -0.1) is 0 Å². The van der Waals surface area contributed by atoms with Crippen molar-refractivity contribution in [2.24, 2.45) is 5.92 Å². The Hall–Kier alpha value is -0.610. The van der Waals surface area contributed by atoms with Crippen molar-refractivity contribution in [2.45, 2.75) is 57.8 Å². The van der Waals surface area contributed by atoms with Crippen LogP contribution >= 0.6 is 0 Å². The van der Waals surface area contributed by atoms with Crippen LogP contribution in [0, 0.1) is 5.92 Å². The molecule has 0 bridgehead atoms. The molecule has 94 valence electrons. The second-order valence-corrected chi connectivity index (χ2v) is 5.62. The van der Waals surface area contributed by atoms with Gasteiger partial charge in [0.05, 0.1) is 17.6 Å². The molecule has 4 heteroatoms. The van der Waals surface area contributed by atoms with Gasteiger partial charge >= 0.3 is 5.97 Å². The van der Waals surface area contributed by atoms with Crippen molar-refractivity contribution in [1.82, 2.24) is 0 Å². The maximum Gasteiger partial charge on any atom is 0.312 e. The number of aliphatic hydroxyl groups is 1. The Morgan fingerprint density at radius 1 is 1.44 bits per heavy atom. The molecule has 16 heavy (non-hydrogen) atoms. The Morgan fingerprint density at radius 2 is 1.94 bits per heavy atom. The van der Waals surface area contributed by atoms with Gasteiger partial charge in [0.1, 0.15) is 5.60 Å². The van der Waals surface area contributed by atoms with Gasteiger partial charge in [-0.25, -0.2) is 0 Å². The lowest BCUT2D eigenvalue weighted by Gasteiger charge is -2.45. The highest BCUT2D eigenvalue weighted by Crippen LogP contribution is 2.40. The van der Waals surface area contributed by atoms with Crippen molar-refractivity contribution in [2.75, 3.05) is 7.11 Å². The van der Waals surface area contributed by atoms with Crippen LogP contribution in [-0.4, -0.2) is 35.5 Å². The van der Waals surface area contributed by atoms with Crippen LogP contribution in [0.25, 0.3) is 0 Å². The summed E-state index contributed by atoms with van der Waals surface area (Å²) in [7, 11) is 1.61. The molecular formula is C12H22O4. The molecule has 0 aliphatic heterocycles. The van der Waals surface area contributed by atoms with Crippen molar-refractivity contribution < 1.29 is 19.4 Å². The lowest BCUT2D eigenvalue weighted by molar-refractivity contribution is -0.190. The quantitative estimate of drug-likeness (QED) is 0.747. The van der Waals surface area contributed by atoms with E-state index in [4.69, 9.17) is 9.47 Å². The van der Waals surface area contributed by atoms with E-state index in [1.54, 1.807) is 14.0 Å². The number of carbonyl (C=O) groups excluding carboxylic acids is 1. The van der Waals surface area contributed by atoms with Gasteiger partial charge < -0.3 is 14.6 Å². The van der Waals surface area contributed by atoms with Gasteiger partial charge in [-0.1, -0.05) is 0 Å². The van der Waals surface area contributed by atoms with E-state index in [1.807, 2.05) is 20.8 Å². The second-order valence-electron chi connectivity index (χ2n) is 5.62. The minimum absolute atomic E-state index is 0.0647. The SMILES string of the molecule is COC1CC(O)(C(C)C(=O)OC(C)(C)C)C1. The summed E-state index contributed by atoms with van der Waals surface area (Å²) in [4.78, 5) is 11.8. The molecule has 0 saturated heterocycles. The molecule has 4 nitrogen and oxygen atoms in total. The van der Waals surface area contributed by atoms with E-state index in [2.05, 4.69) is 0 Å². The second kappa shape index (κ2) is 4.34.